The van der Waals surface area contributed by atoms with E-state index in [-0.39, 0.29) is 36.3 Å². The Bertz CT molecular complexity index is 1240. The minimum Gasteiger partial charge on any atom is -0.392 e. The van der Waals surface area contributed by atoms with E-state index in [2.05, 4.69) is 34.6 Å². The highest BCUT2D eigenvalue weighted by atomic mass is 16.7. The third-order valence-electron chi connectivity index (χ3n) is 11.3. The number of carbonyl (C=O) groups is 1. The molecule has 2 aliphatic heterocycles. The van der Waals surface area contributed by atoms with Crippen molar-refractivity contribution < 1.29 is 19.4 Å². The van der Waals surface area contributed by atoms with Crippen LogP contribution in [-0.4, -0.2) is 47.3 Å². The van der Waals surface area contributed by atoms with E-state index in [4.69, 9.17) is 9.47 Å². The van der Waals surface area contributed by atoms with E-state index in [1.807, 2.05) is 36.4 Å². The Labute approximate surface area is 263 Å². The molecule has 4 atom stereocenters. The Morgan fingerprint density at radius 3 is 2.20 bits per heavy atom. The second-order valence-electron chi connectivity index (χ2n) is 14.8. The monoisotopic (exact) mass is 601 g/mol. The number of ether oxygens (including phenoxy) is 2. The molecule has 7 heteroatoms. The Balaban J connectivity index is 1.07. The zero-order valence-electron chi connectivity index (χ0n) is 26.4. The molecule has 6 fully saturated rings. The maximum Gasteiger partial charge on any atom is 0.319 e. The van der Waals surface area contributed by atoms with Gasteiger partial charge in [0.05, 0.1) is 18.8 Å². The first kappa shape index (κ1) is 30.2. The van der Waals surface area contributed by atoms with E-state index < -0.39 is 6.29 Å². The standard InChI is InChI=1S/C37H51N3O4/c1-25-33(23-40-14-5-3-2-4-6-15-40)43-35(44-34(25)30-12-10-26(24-41)11-13-30)31-8-7-9-32(19-31)38-36(42)39-37-20-27-16-28(21-37)18-29(17-27)22-37/h7-13,19,25,27-29,33-35,41H,2-6,14-18,20-24H2,1H3,(H2,38,39,42)/t25-,27?,28?,29?,33+,34+,35+,37?/m0/s1. The van der Waals surface area contributed by atoms with E-state index in [1.54, 1.807) is 0 Å². The predicted octanol–water partition coefficient (Wildman–Crippen LogP) is 7.33. The summed E-state index contributed by atoms with van der Waals surface area (Å²) in [5.41, 5.74) is 3.65. The number of anilines is 1. The van der Waals surface area contributed by atoms with E-state index in [0.29, 0.717) is 0 Å². The lowest BCUT2D eigenvalue weighted by Crippen LogP contribution is -2.60. The largest absolute Gasteiger partial charge is 0.392 e. The third kappa shape index (κ3) is 6.72. The fraction of sp³-hybridized carbons (Fsp3) is 0.649. The lowest BCUT2D eigenvalue weighted by Gasteiger charge is -2.56. The smallest absolute Gasteiger partial charge is 0.319 e. The fourth-order valence-corrected chi connectivity index (χ4v) is 9.51. The van der Waals surface area contributed by atoms with Crippen molar-refractivity contribution in [2.75, 3.05) is 25.0 Å². The number of hydrogen-bond donors (Lipinski definition) is 3. The summed E-state index contributed by atoms with van der Waals surface area (Å²) in [5.74, 6) is 2.51. The number of carbonyl (C=O) groups excluding carboxylic acids is 1. The summed E-state index contributed by atoms with van der Waals surface area (Å²) in [6, 6.07) is 16.0. The van der Waals surface area contributed by atoms with Gasteiger partial charge in [0, 0.05) is 29.3 Å². The molecule has 0 unspecified atom stereocenters. The topological polar surface area (TPSA) is 83.1 Å². The van der Waals surface area contributed by atoms with Gasteiger partial charge < -0.3 is 30.1 Å². The molecule has 4 saturated carbocycles. The number of nitrogens with one attached hydrogen (secondary N) is 2. The Hall–Kier alpha value is -2.45. The first-order valence-electron chi connectivity index (χ1n) is 17.4. The lowest BCUT2D eigenvalue weighted by atomic mass is 9.53. The van der Waals surface area contributed by atoms with Crippen LogP contribution in [0.5, 0.6) is 0 Å². The summed E-state index contributed by atoms with van der Waals surface area (Å²) in [4.78, 5) is 15.9. The van der Waals surface area contributed by atoms with Gasteiger partial charge in [-0.15, -0.1) is 0 Å². The molecule has 3 N–H and O–H groups in total. The molecule has 0 spiro atoms. The Morgan fingerprint density at radius 2 is 1.55 bits per heavy atom. The van der Waals surface area contributed by atoms with Crippen molar-refractivity contribution >= 4 is 11.7 Å². The molecule has 2 saturated heterocycles. The summed E-state index contributed by atoms with van der Waals surface area (Å²) >= 11 is 0. The number of benzene rings is 2. The molecule has 0 radical (unpaired) electrons. The number of aliphatic hydroxyl groups excluding tert-OH is 1. The molecule has 7 nitrogen and oxygen atoms in total. The van der Waals surface area contributed by atoms with Crippen LogP contribution >= 0.6 is 0 Å². The molecule has 0 aromatic heterocycles. The first-order chi connectivity index (χ1) is 21.4. The van der Waals surface area contributed by atoms with Crippen LogP contribution in [0, 0.1) is 23.7 Å². The second kappa shape index (κ2) is 13.1. The molecule has 2 heterocycles. The van der Waals surface area contributed by atoms with Crippen LogP contribution in [0.1, 0.15) is 107 Å². The third-order valence-corrected chi connectivity index (χ3v) is 11.3. The highest BCUT2D eigenvalue weighted by molar-refractivity contribution is 5.89. The van der Waals surface area contributed by atoms with Crippen molar-refractivity contribution in [3.8, 4) is 0 Å². The Morgan fingerprint density at radius 1 is 0.886 bits per heavy atom. The van der Waals surface area contributed by atoms with Gasteiger partial charge in [-0.25, -0.2) is 4.79 Å². The fourth-order valence-electron chi connectivity index (χ4n) is 9.51. The summed E-state index contributed by atoms with van der Waals surface area (Å²) in [6.07, 6.45) is 13.2. The zero-order valence-corrected chi connectivity index (χ0v) is 26.4. The number of amides is 2. The lowest BCUT2D eigenvalue weighted by molar-refractivity contribution is -0.276. The summed E-state index contributed by atoms with van der Waals surface area (Å²) in [6.45, 7) is 5.39. The van der Waals surface area contributed by atoms with Gasteiger partial charge in [0.1, 0.15) is 0 Å². The van der Waals surface area contributed by atoms with Gasteiger partial charge in [0.15, 0.2) is 6.29 Å². The van der Waals surface area contributed by atoms with E-state index in [9.17, 15) is 9.90 Å². The summed E-state index contributed by atoms with van der Waals surface area (Å²) in [5, 5.41) is 16.2. The van der Waals surface area contributed by atoms with Gasteiger partial charge in [0.2, 0.25) is 0 Å². The number of urea groups is 1. The van der Waals surface area contributed by atoms with Gasteiger partial charge in [-0.3, -0.25) is 0 Å². The molecule has 6 aliphatic rings. The molecule has 8 rings (SSSR count). The average Bonchev–Trinajstić information content (AvgIpc) is 2.98. The molecule has 4 bridgehead atoms. The summed E-state index contributed by atoms with van der Waals surface area (Å²) in [7, 11) is 0. The second-order valence-corrected chi connectivity index (χ2v) is 14.8. The van der Waals surface area contributed by atoms with Gasteiger partial charge in [0.25, 0.3) is 0 Å². The van der Waals surface area contributed by atoms with Gasteiger partial charge in [-0.2, -0.15) is 0 Å². The van der Waals surface area contributed by atoms with Crippen molar-refractivity contribution in [3.63, 3.8) is 0 Å². The zero-order chi connectivity index (χ0) is 30.1. The van der Waals surface area contributed by atoms with Crippen LogP contribution in [0.2, 0.25) is 0 Å². The van der Waals surface area contributed by atoms with E-state index in [1.165, 1.54) is 51.4 Å². The maximum absolute atomic E-state index is 13.3. The van der Waals surface area contributed by atoms with Gasteiger partial charge in [-0.05, 0) is 105 Å². The molecule has 4 aliphatic carbocycles. The highest BCUT2D eigenvalue weighted by Gasteiger charge is 2.51. The molecule has 2 aromatic carbocycles. The van der Waals surface area contributed by atoms with Crippen molar-refractivity contribution in [2.24, 2.45) is 23.7 Å². The summed E-state index contributed by atoms with van der Waals surface area (Å²) < 4.78 is 13.5. The number of likely N-dealkylation sites (tertiary alicyclic amines) is 1. The SMILES string of the molecule is C[C@H]1[C@@H](CN2CCCCCCC2)O[C@@H](c2cccc(NC(=O)NC34CC5CC(CC(C5)C3)C4)c2)O[C@H]1c1ccc(CO)cc1. The van der Waals surface area contributed by atoms with Crippen LogP contribution in [0.4, 0.5) is 10.5 Å². The highest BCUT2D eigenvalue weighted by Crippen LogP contribution is 2.55. The van der Waals surface area contributed by atoms with E-state index in [0.717, 1.165) is 79.0 Å². The molecular formula is C37H51N3O4. The molecule has 2 aromatic rings. The van der Waals surface area contributed by atoms with Crippen LogP contribution in [0.25, 0.3) is 0 Å². The Kier molecular flexibility index (Phi) is 9.01. The maximum atomic E-state index is 13.3. The normalized spacial score (nSPS) is 35.5. The minimum atomic E-state index is -0.540. The molecule has 44 heavy (non-hydrogen) atoms. The van der Waals surface area contributed by atoms with Crippen LogP contribution in [0.3, 0.4) is 0 Å². The number of nitrogens with zero attached hydrogens (tertiary/aromatic N) is 1. The van der Waals surface area contributed by atoms with Gasteiger partial charge >= 0.3 is 6.03 Å². The van der Waals surface area contributed by atoms with Gasteiger partial charge in [-0.1, -0.05) is 62.6 Å². The molecular weight excluding hydrogens is 550 g/mol. The first-order valence-corrected chi connectivity index (χ1v) is 17.4. The number of aliphatic hydroxyl groups is 1. The minimum absolute atomic E-state index is 0.00620. The number of hydrogen-bond acceptors (Lipinski definition) is 5. The van der Waals surface area contributed by atoms with Crippen molar-refractivity contribution in [1.82, 2.24) is 10.2 Å². The predicted molar refractivity (Wildman–Crippen MR) is 172 cm³/mol. The average molecular weight is 602 g/mol. The van der Waals surface area contributed by atoms with Crippen molar-refractivity contribution in [3.05, 3.63) is 65.2 Å². The van der Waals surface area contributed by atoms with Crippen LogP contribution in [0.15, 0.2) is 48.5 Å². The molecule has 2 amide bonds. The molecule has 238 valence electrons. The van der Waals surface area contributed by atoms with E-state index >= 15 is 0 Å². The number of rotatable bonds is 7. The van der Waals surface area contributed by atoms with Crippen molar-refractivity contribution in [2.45, 2.75) is 108 Å². The van der Waals surface area contributed by atoms with Crippen LogP contribution < -0.4 is 10.6 Å². The quantitative estimate of drug-likeness (QED) is 0.310. The van der Waals surface area contributed by atoms with Crippen LogP contribution in [-0.2, 0) is 16.1 Å². The van der Waals surface area contributed by atoms with Crippen molar-refractivity contribution in [1.29, 1.82) is 0 Å².